The molecule has 4 heterocycles. The molecule has 34 heavy (non-hydrogen) atoms. The smallest absolute Gasteiger partial charge is 0.154 e. The maximum Gasteiger partial charge on any atom is 0.154 e. The maximum absolute atomic E-state index is 13.9. The van der Waals surface area contributed by atoms with Gasteiger partial charge in [-0.25, -0.2) is 18.6 Å². The number of pyridine rings is 1. The van der Waals surface area contributed by atoms with Gasteiger partial charge in [0.2, 0.25) is 0 Å². The Hall–Kier alpha value is -4.43. The Morgan fingerprint density at radius 3 is 2.82 bits per heavy atom. The first-order valence-corrected chi connectivity index (χ1v) is 9.98. The molecule has 0 aliphatic carbocycles. The van der Waals surface area contributed by atoms with E-state index < -0.39 is 5.82 Å². The van der Waals surface area contributed by atoms with Crippen LogP contribution < -0.4 is 4.74 Å². The van der Waals surface area contributed by atoms with Crippen LogP contribution in [0, 0.1) is 17.1 Å². The molecule has 0 saturated carbocycles. The molecule has 0 amide bonds. The quantitative estimate of drug-likeness (QED) is 0.365. The van der Waals surface area contributed by atoms with Gasteiger partial charge in [-0.15, -0.1) is 17.5 Å². The van der Waals surface area contributed by atoms with E-state index in [1.807, 2.05) is 19.1 Å². The molecular formula is C22H17ClFN9O. The van der Waals surface area contributed by atoms with Crippen LogP contribution in [0.2, 0.25) is 0 Å². The molecule has 170 valence electrons. The number of ether oxygens (including phenoxy) is 1. The molecular weight excluding hydrogens is 461 g/mol. The van der Waals surface area contributed by atoms with Gasteiger partial charge >= 0.3 is 0 Å². The topological polar surface area (TPSA) is 120 Å². The second-order valence-electron chi connectivity index (χ2n) is 7.30. The van der Waals surface area contributed by atoms with Crippen molar-refractivity contribution in [1.29, 1.82) is 5.26 Å². The van der Waals surface area contributed by atoms with Crippen molar-refractivity contribution in [1.82, 2.24) is 39.8 Å². The lowest BCUT2D eigenvalue weighted by atomic mass is 10.1. The summed E-state index contributed by atoms with van der Waals surface area (Å²) in [6.07, 6.45) is 6.19. The average Bonchev–Trinajstić information content (AvgIpc) is 3.48. The number of halogens is 2. The van der Waals surface area contributed by atoms with E-state index in [1.54, 1.807) is 33.9 Å². The largest absolute Gasteiger partial charge is 0.487 e. The van der Waals surface area contributed by atoms with Gasteiger partial charge in [-0.05, 0) is 53.7 Å². The number of aromatic nitrogens is 8. The third kappa shape index (κ3) is 4.53. The number of nitrogens with zero attached hydrogens (tertiary/aromatic N) is 9. The minimum absolute atomic E-state index is 0. The van der Waals surface area contributed by atoms with Crippen LogP contribution in [0.3, 0.4) is 0 Å². The number of nitriles is 1. The van der Waals surface area contributed by atoms with Crippen LogP contribution >= 0.6 is 12.4 Å². The molecule has 0 aliphatic heterocycles. The third-order valence-corrected chi connectivity index (χ3v) is 4.92. The molecule has 1 atom stereocenters. The highest BCUT2D eigenvalue weighted by Gasteiger charge is 2.14. The zero-order valence-corrected chi connectivity index (χ0v) is 18.6. The molecule has 0 bridgehead atoms. The fraction of sp³-hybridized carbons (Fsp3) is 0.136. The second kappa shape index (κ2) is 9.60. The minimum Gasteiger partial charge on any atom is -0.487 e. The van der Waals surface area contributed by atoms with Crippen molar-refractivity contribution in [2.45, 2.75) is 19.6 Å². The van der Waals surface area contributed by atoms with Gasteiger partial charge in [0.15, 0.2) is 5.65 Å². The van der Waals surface area contributed by atoms with Gasteiger partial charge in [0, 0.05) is 17.3 Å². The fourth-order valence-corrected chi connectivity index (χ4v) is 3.46. The van der Waals surface area contributed by atoms with Crippen molar-refractivity contribution in [2.24, 2.45) is 0 Å². The molecule has 0 fully saturated rings. The predicted molar refractivity (Wildman–Crippen MR) is 121 cm³/mol. The highest BCUT2D eigenvalue weighted by atomic mass is 35.5. The number of fused-ring (bicyclic) bond motifs is 1. The molecule has 12 heteroatoms. The van der Waals surface area contributed by atoms with Gasteiger partial charge in [0.25, 0.3) is 0 Å². The van der Waals surface area contributed by atoms with Crippen LogP contribution in [0.1, 0.15) is 12.5 Å². The fourth-order valence-electron chi connectivity index (χ4n) is 3.46. The molecule has 4 aromatic heterocycles. The minimum atomic E-state index is -0.444. The summed E-state index contributed by atoms with van der Waals surface area (Å²) < 4.78 is 23.0. The van der Waals surface area contributed by atoms with Crippen LogP contribution in [0.4, 0.5) is 4.39 Å². The Kier molecular flexibility index (Phi) is 6.42. The Labute approximate surface area is 199 Å². The van der Waals surface area contributed by atoms with E-state index in [0.29, 0.717) is 40.5 Å². The van der Waals surface area contributed by atoms with Crippen LogP contribution in [0.5, 0.6) is 5.75 Å². The van der Waals surface area contributed by atoms with Crippen molar-refractivity contribution in [3.8, 4) is 34.3 Å². The summed E-state index contributed by atoms with van der Waals surface area (Å²) in [5, 5.41) is 25.2. The summed E-state index contributed by atoms with van der Waals surface area (Å²) in [5.41, 5.74) is 3.17. The summed E-state index contributed by atoms with van der Waals surface area (Å²) in [6, 6.07) is 11.5. The zero-order chi connectivity index (χ0) is 22.8. The van der Waals surface area contributed by atoms with Gasteiger partial charge in [-0.2, -0.15) is 10.4 Å². The Balaban J connectivity index is 0.00000274. The molecule has 1 aromatic carbocycles. The van der Waals surface area contributed by atoms with Crippen molar-refractivity contribution < 1.29 is 9.13 Å². The summed E-state index contributed by atoms with van der Waals surface area (Å²) in [4.78, 5) is 8.61. The first-order valence-electron chi connectivity index (χ1n) is 9.98. The van der Waals surface area contributed by atoms with Crippen LogP contribution in [-0.4, -0.2) is 45.9 Å². The molecule has 1 unspecified atom stereocenters. The summed E-state index contributed by atoms with van der Waals surface area (Å²) in [6.45, 7) is 2.39. The van der Waals surface area contributed by atoms with Crippen molar-refractivity contribution >= 4 is 18.1 Å². The van der Waals surface area contributed by atoms with E-state index in [1.165, 1.54) is 24.5 Å². The number of tetrazole rings is 1. The van der Waals surface area contributed by atoms with E-state index >= 15 is 0 Å². The molecule has 0 aliphatic rings. The number of hydrogen-bond acceptors (Lipinski definition) is 8. The van der Waals surface area contributed by atoms with Gasteiger partial charge in [-0.3, -0.25) is 4.98 Å². The molecule has 5 aromatic rings. The molecule has 0 saturated heterocycles. The molecule has 0 N–H and O–H groups in total. The van der Waals surface area contributed by atoms with Gasteiger partial charge in [0.05, 0.1) is 42.0 Å². The zero-order valence-electron chi connectivity index (χ0n) is 17.8. The van der Waals surface area contributed by atoms with E-state index in [0.717, 1.165) is 5.56 Å². The number of imidazole rings is 1. The monoisotopic (exact) mass is 477 g/mol. The number of benzene rings is 1. The van der Waals surface area contributed by atoms with E-state index in [9.17, 15) is 9.65 Å². The standard InChI is InChI=1S/C22H16FN9O.ClH/c1-14(12-31-13-27-29-30-31)33-18-6-16(9-25-10-18)20-4-5-22-26-11-21(32(22)28-20)19-7-17(23)3-2-15(19)8-24;/h2-7,9-11,13-14H,12H2,1H3;1H. The van der Waals surface area contributed by atoms with E-state index in [-0.39, 0.29) is 18.5 Å². The van der Waals surface area contributed by atoms with Gasteiger partial charge in [-0.1, -0.05) is 0 Å². The molecule has 0 spiro atoms. The highest BCUT2D eigenvalue weighted by molar-refractivity contribution is 5.85. The lowest BCUT2D eigenvalue weighted by molar-refractivity contribution is 0.192. The average molecular weight is 478 g/mol. The third-order valence-electron chi connectivity index (χ3n) is 4.92. The summed E-state index contributed by atoms with van der Waals surface area (Å²) in [5.74, 6) is 0.123. The van der Waals surface area contributed by atoms with Crippen LogP contribution in [0.15, 0.2) is 61.3 Å². The SMILES string of the molecule is CC(Cn1cnnn1)Oc1cncc(-c2ccc3ncc(-c4cc(F)ccc4C#N)n3n2)c1.Cl. The number of rotatable bonds is 6. The van der Waals surface area contributed by atoms with Crippen molar-refractivity contribution in [3.05, 3.63) is 72.7 Å². The Morgan fingerprint density at radius 2 is 2.03 bits per heavy atom. The predicted octanol–water partition coefficient (Wildman–Crippen LogP) is 3.34. The first-order chi connectivity index (χ1) is 16.1. The van der Waals surface area contributed by atoms with Crippen molar-refractivity contribution in [2.75, 3.05) is 0 Å². The Morgan fingerprint density at radius 1 is 1.15 bits per heavy atom. The molecule has 0 radical (unpaired) electrons. The van der Waals surface area contributed by atoms with Crippen molar-refractivity contribution in [3.63, 3.8) is 0 Å². The van der Waals surface area contributed by atoms with Gasteiger partial charge < -0.3 is 4.74 Å². The number of hydrogen-bond donors (Lipinski definition) is 0. The highest BCUT2D eigenvalue weighted by Crippen LogP contribution is 2.27. The maximum atomic E-state index is 13.9. The summed E-state index contributed by atoms with van der Waals surface area (Å²) >= 11 is 0. The van der Waals surface area contributed by atoms with E-state index in [2.05, 4.69) is 36.7 Å². The normalized spacial score (nSPS) is 11.6. The Bertz CT molecular complexity index is 1480. The first kappa shape index (κ1) is 22.8. The molecule has 10 nitrogen and oxygen atoms in total. The summed E-state index contributed by atoms with van der Waals surface area (Å²) in [7, 11) is 0. The van der Waals surface area contributed by atoms with Crippen LogP contribution in [0.25, 0.3) is 28.2 Å². The second-order valence-corrected chi connectivity index (χ2v) is 7.30. The van der Waals surface area contributed by atoms with E-state index in [4.69, 9.17) is 4.74 Å². The van der Waals surface area contributed by atoms with Gasteiger partial charge in [0.1, 0.15) is 24.0 Å². The lowest BCUT2D eigenvalue weighted by Crippen LogP contribution is -2.20. The lowest BCUT2D eigenvalue weighted by Gasteiger charge is -2.14. The molecule has 5 rings (SSSR count). The van der Waals surface area contributed by atoms with Crippen LogP contribution in [-0.2, 0) is 6.54 Å².